The van der Waals surface area contributed by atoms with E-state index in [4.69, 9.17) is 10.2 Å². The van der Waals surface area contributed by atoms with E-state index in [1.165, 1.54) is 11.8 Å². The zero-order valence-electron chi connectivity index (χ0n) is 13.6. The SMILES string of the molecule is CC(NC(=O)c1coc(CN)c1)c1ccc(C(C)(C)C)cc1. The highest BCUT2D eigenvalue weighted by atomic mass is 16.3. The summed E-state index contributed by atoms with van der Waals surface area (Å²) in [7, 11) is 0. The molecule has 2 rings (SSSR count). The molecule has 1 amide bonds. The first kappa shape index (κ1) is 16.3. The normalized spacial score (nSPS) is 13.0. The third-order valence-electron chi connectivity index (χ3n) is 3.74. The van der Waals surface area contributed by atoms with E-state index in [2.05, 4.69) is 50.4 Å². The van der Waals surface area contributed by atoms with Crippen molar-refractivity contribution in [2.24, 2.45) is 5.73 Å². The third-order valence-corrected chi connectivity index (χ3v) is 3.74. The van der Waals surface area contributed by atoms with Gasteiger partial charge in [0.15, 0.2) is 0 Å². The van der Waals surface area contributed by atoms with Crippen LogP contribution in [0.2, 0.25) is 0 Å². The summed E-state index contributed by atoms with van der Waals surface area (Å²) in [6, 6.07) is 9.95. The molecule has 4 nitrogen and oxygen atoms in total. The maximum Gasteiger partial charge on any atom is 0.255 e. The largest absolute Gasteiger partial charge is 0.467 e. The Hall–Kier alpha value is -2.07. The van der Waals surface area contributed by atoms with Crippen molar-refractivity contribution in [1.82, 2.24) is 5.32 Å². The zero-order chi connectivity index (χ0) is 16.3. The minimum Gasteiger partial charge on any atom is -0.467 e. The Morgan fingerprint density at radius 3 is 2.41 bits per heavy atom. The number of rotatable bonds is 4. The van der Waals surface area contributed by atoms with Gasteiger partial charge in [0, 0.05) is 0 Å². The maximum atomic E-state index is 12.2. The number of hydrogen-bond acceptors (Lipinski definition) is 3. The first-order chi connectivity index (χ1) is 10.3. The van der Waals surface area contributed by atoms with Crippen molar-refractivity contribution < 1.29 is 9.21 Å². The van der Waals surface area contributed by atoms with Gasteiger partial charge in [-0.25, -0.2) is 0 Å². The molecular formula is C18H24N2O2. The summed E-state index contributed by atoms with van der Waals surface area (Å²) in [5, 5.41) is 2.97. The van der Waals surface area contributed by atoms with Crippen LogP contribution in [0.1, 0.15) is 61.0 Å². The molecule has 0 bridgehead atoms. The Bertz CT molecular complexity index is 636. The van der Waals surface area contributed by atoms with Crippen LogP contribution in [0.15, 0.2) is 41.0 Å². The van der Waals surface area contributed by atoms with Crippen molar-refractivity contribution in [1.29, 1.82) is 0 Å². The highest BCUT2D eigenvalue weighted by Gasteiger charge is 2.16. The van der Waals surface area contributed by atoms with E-state index in [9.17, 15) is 4.79 Å². The lowest BCUT2D eigenvalue weighted by molar-refractivity contribution is 0.0939. The number of benzene rings is 1. The molecule has 3 N–H and O–H groups in total. The van der Waals surface area contributed by atoms with Crippen LogP contribution in [0.4, 0.5) is 0 Å². The van der Waals surface area contributed by atoms with Crippen LogP contribution in [-0.2, 0) is 12.0 Å². The highest BCUT2D eigenvalue weighted by molar-refractivity contribution is 5.94. The molecule has 0 saturated heterocycles. The molecule has 4 heteroatoms. The molecule has 22 heavy (non-hydrogen) atoms. The van der Waals surface area contributed by atoms with Crippen LogP contribution < -0.4 is 11.1 Å². The summed E-state index contributed by atoms with van der Waals surface area (Å²) in [6.45, 7) is 8.80. The molecule has 0 radical (unpaired) electrons. The number of amides is 1. The molecule has 2 aromatic rings. The molecule has 0 fully saturated rings. The predicted molar refractivity (Wildman–Crippen MR) is 87.6 cm³/mol. The number of carbonyl (C=O) groups excluding carboxylic acids is 1. The number of nitrogens with two attached hydrogens (primary N) is 1. The molecule has 0 aliphatic heterocycles. The van der Waals surface area contributed by atoms with Crippen LogP contribution >= 0.6 is 0 Å². The number of hydrogen-bond donors (Lipinski definition) is 2. The van der Waals surface area contributed by atoms with E-state index >= 15 is 0 Å². The van der Waals surface area contributed by atoms with Gasteiger partial charge in [-0.05, 0) is 29.5 Å². The van der Waals surface area contributed by atoms with Gasteiger partial charge in [-0.1, -0.05) is 45.0 Å². The average Bonchev–Trinajstić information content (AvgIpc) is 2.95. The molecule has 1 heterocycles. The fraction of sp³-hybridized carbons (Fsp3) is 0.389. The average molecular weight is 300 g/mol. The molecule has 1 unspecified atom stereocenters. The lowest BCUT2D eigenvalue weighted by Crippen LogP contribution is -2.26. The van der Waals surface area contributed by atoms with Crippen molar-refractivity contribution in [3.05, 3.63) is 59.0 Å². The van der Waals surface area contributed by atoms with Gasteiger partial charge in [0.25, 0.3) is 5.91 Å². The van der Waals surface area contributed by atoms with Crippen molar-refractivity contribution in [2.75, 3.05) is 0 Å². The Balaban J connectivity index is 2.05. The zero-order valence-corrected chi connectivity index (χ0v) is 13.6. The number of carbonyl (C=O) groups is 1. The molecular weight excluding hydrogens is 276 g/mol. The number of furan rings is 1. The second kappa shape index (κ2) is 6.36. The molecule has 1 atom stereocenters. The highest BCUT2D eigenvalue weighted by Crippen LogP contribution is 2.24. The Kier molecular flexibility index (Phi) is 4.71. The van der Waals surface area contributed by atoms with Gasteiger partial charge in [0.05, 0.1) is 18.2 Å². The van der Waals surface area contributed by atoms with Crippen molar-refractivity contribution >= 4 is 5.91 Å². The fourth-order valence-corrected chi connectivity index (χ4v) is 2.24. The van der Waals surface area contributed by atoms with E-state index in [0.717, 1.165) is 5.56 Å². The Morgan fingerprint density at radius 1 is 1.27 bits per heavy atom. The molecule has 0 aliphatic rings. The second-order valence-corrected chi connectivity index (χ2v) is 6.57. The third kappa shape index (κ3) is 3.77. The fourth-order valence-electron chi connectivity index (χ4n) is 2.24. The van der Waals surface area contributed by atoms with Crippen LogP contribution in [0.5, 0.6) is 0 Å². The standard InChI is InChI=1S/C18H24N2O2/c1-12(13-5-7-15(8-6-13)18(2,3)4)20-17(21)14-9-16(10-19)22-11-14/h5-9,11-12H,10,19H2,1-4H3,(H,20,21). The molecule has 1 aromatic carbocycles. The van der Waals surface area contributed by atoms with Crippen LogP contribution in [0.3, 0.4) is 0 Å². The Labute approximate surface area is 131 Å². The topological polar surface area (TPSA) is 68.3 Å². The van der Waals surface area contributed by atoms with Crippen molar-refractivity contribution in [3.8, 4) is 0 Å². The predicted octanol–water partition coefficient (Wildman–Crippen LogP) is 3.53. The molecule has 0 saturated carbocycles. The monoisotopic (exact) mass is 300 g/mol. The van der Waals surface area contributed by atoms with Gasteiger partial charge >= 0.3 is 0 Å². The van der Waals surface area contributed by atoms with Gasteiger partial charge in [0.2, 0.25) is 0 Å². The van der Waals surface area contributed by atoms with Crippen LogP contribution in [-0.4, -0.2) is 5.91 Å². The van der Waals surface area contributed by atoms with Gasteiger partial charge in [-0.15, -0.1) is 0 Å². The van der Waals surface area contributed by atoms with Gasteiger partial charge in [0.1, 0.15) is 12.0 Å². The second-order valence-electron chi connectivity index (χ2n) is 6.57. The molecule has 1 aromatic heterocycles. The van der Waals surface area contributed by atoms with Gasteiger partial charge < -0.3 is 15.5 Å². The first-order valence-electron chi connectivity index (χ1n) is 7.50. The summed E-state index contributed by atoms with van der Waals surface area (Å²) in [4.78, 5) is 12.2. The van der Waals surface area contributed by atoms with E-state index in [1.807, 2.05) is 6.92 Å². The first-order valence-corrected chi connectivity index (χ1v) is 7.50. The smallest absolute Gasteiger partial charge is 0.255 e. The van der Waals surface area contributed by atoms with Crippen molar-refractivity contribution in [2.45, 2.75) is 45.7 Å². The summed E-state index contributed by atoms with van der Waals surface area (Å²) >= 11 is 0. The quantitative estimate of drug-likeness (QED) is 0.907. The minimum atomic E-state index is -0.157. The van der Waals surface area contributed by atoms with Gasteiger partial charge in [-0.2, -0.15) is 0 Å². The summed E-state index contributed by atoms with van der Waals surface area (Å²) in [6.07, 6.45) is 1.44. The van der Waals surface area contributed by atoms with E-state index in [-0.39, 0.29) is 23.9 Å². The van der Waals surface area contributed by atoms with Gasteiger partial charge in [-0.3, -0.25) is 4.79 Å². The minimum absolute atomic E-state index is 0.0715. The Morgan fingerprint density at radius 2 is 1.91 bits per heavy atom. The van der Waals surface area contributed by atoms with E-state index < -0.39 is 0 Å². The summed E-state index contributed by atoms with van der Waals surface area (Å²) in [5.41, 5.74) is 8.45. The summed E-state index contributed by atoms with van der Waals surface area (Å²) < 4.78 is 5.19. The van der Waals surface area contributed by atoms with E-state index in [0.29, 0.717) is 11.3 Å². The lowest BCUT2D eigenvalue weighted by Gasteiger charge is -2.20. The van der Waals surface area contributed by atoms with E-state index in [1.54, 1.807) is 6.07 Å². The lowest BCUT2D eigenvalue weighted by atomic mass is 9.86. The van der Waals surface area contributed by atoms with Crippen molar-refractivity contribution in [3.63, 3.8) is 0 Å². The number of nitrogens with one attached hydrogen (secondary N) is 1. The maximum absolute atomic E-state index is 12.2. The molecule has 0 spiro atoms. The summed E-state index contributed by atoms with van der Waals surface area (Å²) in [5.74, 6) is 0.447. The molecule has 118 valence electrons. The van der Waals surface area contributed by atoms with Crippen LogP contribution in [0.25, 0.3) is 0 Å². The molecule has 0 aliphatic carbocycles. The van der Waals surface area contributed by atoms with Crippen LogP contribution in [0, 0.1) is 0 Å².